The fraction of sp³-hybridized carbons (Fsp3) is 0.778. The maximum Gasteiger partial charge on any atom is 0.311 e. The van der Waals surface area contributed by atoms with Crippen LogP contribution in [0.15, 0.2) is 47.4 Å². The van der Waals surface area contributed by atoms with Crippen molar-refractivity contribution in [2.75, 3.05) is 48.1 Å². The lowest BCUT2D eigenvalue weighted by Gasteiger charge is -2.48. The summed E-state index contributed by atoms with van der Waals surface area (Å²) in [4.78, 5) is 18.7. The van der Waals surface area contributed by atoms with Crippen LogP contribution in [0.3, 0.4) is 0 Å². The fourth-order valence-corrected chi connectivity index (χ4v) is 11.7. The number of hydrogen-bond donors (Lipinski definition) is 4. The minimum atomic E-state index is -1.82. The molecule has 4 N–H and O–H groups in total. The molecule has 418 valence electrons. The lowest BCUT2D eigenvalue weighted by atomic mass is 9.77. The van der Waals surface area contributed by atoms with Gasteiger partial charge in [0.25, 0.3) is 0 Å². The van der Waals surface area contributed by atoms with Crippen LogP contribution >= 0.6 is 0 Å². The van der Waals surface area contributed by atoms with E-state index in [-0.39, 0.29) is 37.3 Å². The number of cyclic esters (lactones) is 1. The van der Waals surface area contributed by atoms with Crippen LogP contribution in [-0.4, -0.2) is 189 Å². The van der Waals surface area contributed by atoms with Gasteiger partial charge in [0.05, 0.1) is 53.4 Å². The van der Waals surface area contributed by atoms with E-state index in [9.17, 15) is 29.6 Å². The zero-order chi connectivity index (χ0) is 54.4. The molecule has 3 aromatic rings. The Morgan fingerprint density at radius 2 is 1.65 bits per heavy atom. The Labute approximate surface area is 437 Å². The summed E-state index contributed by atoms with van der Waals surface area (Å²) in [5.41, 5.74) is -1.19. The predicted octanol–water partition coefficient (Wildman–Crippen LogP) is 5.69. The van der Waals surface area contributed by atoms with E-state index < -0.39 is 109 Å². The third-order valence-electron chi connectivity index (χ3n) is 16.4. The summed E-state index contributed by atoms with van der Waals surface area (Å²) < 4.78 is 65.9. The normalized spacial score (nSPS) is 38.2. The molecule has 0 aliphatic carbocycles. The molecule has 0 radical (unpaired) electrons. The number of nitrogens with zero attached hydrogens (tertiary/aromatic N) is 6. The molecule has 3 aliphatic rings. The van der Waals surface area contributed by atoms with Gasteiger partial charge < -0.3 is 67.9 Å². The maximum absolute atomic E-state index is 14.9. The van der Waals surface area contributed by atoms with Crippen LogP contribution < -0.4 is 0 Å². The van der Waals surface area contributed by atoms with Gasteiger partial charge in [-0.25, -0.2) is 9.07 Å². The number of carbonyl (C=O) groups is 1. The van der Waals surface area contributed by atoms with E-state index in [0.29, 0.717) is 38.0 Å². The van der Waals surface area contributed by atoms with Gasteiger partial charge in [0.1, 0.15) is 49.0 Å². The smallest absolute Gasteiger partial charge is 0.311 e. The van der Waals surface area contributed by atoms with Gasteiger partial charge in [-0.05, 0) is 98.9 Å². The summed E-state index contributed by atoms with van der Waals surface area (Å²) in [7, 11) is 6.96. The lowest BCUT2D eigenvalue weighted by molar-refractivity contribution is -0.308. The van der Waals surface area contributed by atoms with Crippen LogP contribution in [0, 0.1) is 17.8 Å². The Hall–Kier alpha value is -3.51. The predicted molar refractivity (Wildman–Crippen MR) is 272 cm³/mol. The average Bonchev–Trinajstić information content (AvgIpc) is 4.08. The standard InChI is InChI=1S/C54H87FN6O13/c1-15-43-54(10,66)48(62)35(6)60(12)28-31(2)24-52(8,65)50(33(4)46(34(5)51(64)72-43)73-45-25-53(9,68-14)49(63)36(7)71-45)74-44-23-41(22-32(3)70-44)59(11)21-20-40-29-61(58-57-40)42(26-55)47(67-13)38-18-16-37(17-19-38)39-27-56-69-30-39/h16-19,27,29-36,41-50,62-63,65-66H,15,20-26,28H2,1-14H3/t31-,32-,33+,34-,35-,36+,41+,42-,43-,44+,45+,46+,47-,48-,49+,50-,52-,53-,54-/m1/s1. The van der Waals surface area contributed by atoms with E-state index in [1.165, 1.54) is 18.7 Å². The number of ether oxygens (including phenoxy) is 7. The van der Waals surface area contributed by atoms with Gasteiger partial charge in [-0.1, -0.05) is 55.4 Å². The van der Waals surface area contributed by atoms with Crippen molar-refractivity contribution in [1.82, 2.24) is 30.0 Å². The highest BCUT2D eigenvalue weighted by molar-refractivity contribution is 5.73. The fourth-order valence-electron chi connectivity index (χ4n) is 11.7. The Morgan fingerprint density at radius 3 is 2.27 bits per heavy atom. The number of benzene rings is 1. The molecule has 0 bridgehead atoms. The summed E-state index contributed by atoms with van der Waals surface area (Å²) in [6.07, 6.45) is -1.43. The monoisotopic (exact) mass is 1050 g/mol. The minimum absolute atomic E-state index is 0.0194. The molecule has 1 aromatic carbocycles. The molecule has 2 aromatic heterocycles. The lowest BCUT2D eigenvalue weighted by Crippen LogP contribution is -2.59. The number of esters is 1. The number of methoxy groups -OCH3 is 2. The van der Waals surface area contributed by atoms with Crippen molar-refractivity contribution in [3.05, 3.63) is 54.2 Å². The number of alkyl halides is 1. The summed E-state index contributed by atoms with van der Waals surface area (Å²) >= 11 is 0. The average molecular weight is 1050 g/mol. The highest BCUT2D eigenvalue weighted by atomic mass is 19.1. The first-order valence-electron chi connectivity index (χ1n) is 26.5. The van der Waals surface area contributed by atoms with Crippen molar-refractivity contribution >= 4 is 5.97 Å². The summed E-state index contributed by atoms with van der Waals surface area (Å²) in [6.45, 7) is 18.2. The van der Waals surface area contributed by atoms with Crippen LogP contribution in [0.5, 0.6) is 0 Å². The van der Waals surface area contributed by atoms with E-state index >= 15 is 0 Å². The molecule has 3 fully saturated rings. The maximum atomic E-state index is 14.9. The van der Waals surface area contributed by atoms with Crippen LogP contribution in [0.4, 0.5) is 4.39 Å². The number of aliphatic hydroxyl groups excluding tert-OH is 2. The zero-order valence-electron chi connectivity index (χ0n) is 46.2. The molecule has 0 amide bonds. The Morgan fingerprint density at radius 1 is 0.946 bits per heavy atom. The van der Waals surface area contributed by atoms with Crippen molar-refractivity contribution in [2.24, 2.45) is 17.8 Å². The van der Waals surface area contributed by atoms with E-state index in [2.05, 4.69) is 20.4 Å². The van der Waals surface area contributed by atoms with Gasteiger partial charge in [-0.2, -0.15) is 0 Å². The molecule has 0 saturated carbocycles. The third kappa shape index (κ3) is 13.8. The molecule has 5 heterocycles. The number of aliphatic hydroxyl groups is 4. The van der Waals surface area contributed by atoms with Crippen molar-refractivity contribution in [2.45, 2.75) is 204 Å². The largest absolute Gasteiger partial charge is 0.459 e. The number of likely N-dealkylation sites (N-methyl/N-ethyl adjacent to an activating group) is 2. The van der Waals surface area contributed by atoms with E-state index in [4.69, 9.17) is 37.7 Å². The van der Waals surface area contributed by atoms with Gasteiger partial charge in [-0.15, -0.1) is 5.10 Å². The first-order chi connectivity index (χ1) is 34.9. The molecular weight excluding hydrogens is 960 g/mol. The van der Waals surface area contributed by atoms with E-state index in [1.54, 1.807) is 60.4 Å². The van der Waals surface area contributed by atoms with Crippen molar-refractivity contribution < 1.29 is 67.3 Å². The van der Waals surface area contributed by atoms with Gasteiger partial charge in [0, 0.05) is 76.3 Å². The first-order valence-corrected chi connectivity index (χ1v) is 26.5. The van der Waals surface area contributed by atoms with Crippen LogP contribution in [0.25, 0.3) is 11.1 Å². The van der Waals surface area contributed by atoms with Crippen molar-refractivity contribution in [3.8, 4) is 11.1 Å². The quantitative estimate of drug-likeness (QED) is 0.127. The topological polar surface area (TPSA) is 226 Å². The zero-order valence-corrected chi connectivity index (χ0v) is 46.2. The number of aromatic nitrogens is 4. The molecular formula is C54H87FN6O13. The van der Waals surface area contributed by atoms with Gasteiger partial charge in [-0.3, -0.25) is 4.79 Å². The second kappa shape index (κ2) is 25.3. The van der Waals surface area contributed by atoms with E-state index in [1.807, 2.05) is 71.0 Å². The van der Waals surface area contributed by atoms with Crippen LogP contribution in [-0.2, 0) is 44.4 Å². The molecule has 0 unspecified atom stereocenters. The Kier molecular flexibility index (Phi) is 20.4. The Balaban J connectivity index is 1.23. The summed E-state index contributed by atoms with van der Waals surface area (Å²) in [6, 6.07) is 6.28. The van der Waals surface area contributed by atoms with Crippen molar-refractivity contribution in [1.29, 1.82) is 0 Å². The molecule has 3 saturated heterocycles. The molecule has 19 atom stereocenters. The molecule has 20 heteroatoms. The third-order valence-corrected chi connectivity index (χ3v) is 16.4. The van der Waals surface area contributed by atoms with E-state index in [0.717, 1.165) is 16.7 Å². The SMILES string of the molecule is CC[C@H]1OC(=O)[C@H](C)[C@@H](O[C@H]2C[C@@](C)(OC)[C@@H](O)[C@H](C)O2)[C@H](C)[C@@H](O[C@H]2C[C@@H](N(C)CCc3cn([C@H](CF)[C@H](OC)c4ccc(-c5cnoc5)cc4)nn3)C[C@@H](C)O2)[C@](C)(O)C[C@@H](C)CN(C)[C@H](C)[C@@H](O)[C@]1(C)O. The highest BCUT2D eigenvalue weighted by Crippen LogP contribution is 2.41. The summed E-state index contributed by atoms with van der Waals surface area (Å²) in [5, 5.41) is 60.1. The number of hydrogen-bond acceptors (Lipinski definition) is 18. The molecule has 0 spiro atoms. The molecule has 74 heavy (non-hydrogen) atoms. The van der Waals surface area contributed by atoms with Crippen LogP contribution in [0.1, 0.15) is 125 Å². The van der Waals surface area contributed by atoms with Gasteiger partial charge in [0.2, 0.25) is 0 Å². The highest BCUT2D eigenvalue weighted by Gasteiger charge is 2.52. The Bertz CT molecular complexity index is 2190. The minimum Gasteiger partial charge on any atom is -0.459 e. The van der Waals surface area contributed by atoms with Gasteiger partial charge in [0.15, 0.2) is 12.6 Å². The second-order valence-corrected chi connectivity index (χ2v) is 22.4. The number of halogens is 1. The van der Waals surface area contributed by atoms with Crippen molar-refractivity contribution in [3.63, 3.8) is 0 Å². The summed E-state index contributed by atoms with van der Waals surface area (Å²) in [5.74, 6) is -2.57. The molecule has 3 aliphatic heterocycles. The molecule has 19 nitrogen and oxygen atoms in total. The number of carbonyl (C=O) groups excluding carboxylic acids is 1. The molecule has 6 rings (SSSR count). The first kappa shape index (κ1) is 59.7. The number of rotatable bonds is 16. The van der Waals surface area contributed by atoms with Gasteiger partial charge >= 0.3 is 5.97 Å². The second-order valence-electron chi connectivity index (χ2n) is 22.4. The van der Waals surface area contributed by atoms with Crippen LogP contribution in [0.2, 0.25) is 0 Å².